The number of rotatable bonds is 10. The van der Waals surface area contributed by atoms with Crippen molar-refractivity contribution < 1.29 is 0 Å². The molecular weight excluding hydrogens is 310 g/mol. The molecule has 5 nitrogen and oxygen atoms in total. The highest BCUT2D eigenvalue weighted by Crippen LogP contribution is 2.13. The van der Waals surface area contributed by atoms with E-state index in [1.54, 1.807) is 0 Å². The molecule has 0 bridgehead atoms. The van der Waals surface area contributed by atoms with E-state index in [4.69, 9.17) is 0 Å². The Morgan fingerprint density at radius 3 is 2.52 bits per heavy atom. The molecule has 0 heterocycles. The van der Waals surface area contributed by atoms with Crippen molar-refractivity contribution in [2.24, 2.45) is 4.99 Å². The molecule has 0 saturated carbocycles. The van der Waals surface area contributed by atoms with Gasteiger partial charge in [0, 0.05) is 39.4 Å². The van der Waals surface area contributed by atoms with E-state index < -0.39 is 0 Å². The summed E-state index contributed by atoms with van der Waals surface area (Å²) in [6, 6.07) is 8.97. The monoisotopic (exact) mass is 347 g/mol. The molecule has 0 aliphatic carbocycles. The van der Waals surface area contributed by atoms with E-state index in [2.05, 4.69) is 84.6 Å². The van der Waals surface area contributed by atoms with Gasteiger partial charge in [-0.05, 0) is 57.1 Å². The molecule has 1 unspecified atom stereocenters. The largest absolute Gasteiger partial charge is 0.378 e. The van der Waals surface area contributed by atoms with Gasteiger partial charge in [0.1, 0.15) is 0 Å². The molecule has 25 heavy (non-hydrogen) atoms. The Labute approximate surface area is 154 Å². The Bertz CT molecular complexity index is 509. The lowest BCUT2D eigenvalue weighted by Crippen LogP contribution is -2.42. The fraction of sp³-hybridized carbons (Fsp3) is 0.650. The van der Waals surface area contributed by atoms with Gasteiger partial charge in [-0.15, -0.1) is 0 Å². The summed E-state index contributed by atoms with van der Waals surface area (Å²) in [5.41, 5.74) is 2.47. The van der Waals surface area contributed by atoms with Gasteiger partial charge < -0.3 is 20.4 Å². The van der Waals surface area contributed by atoms with Crippen molar-refractivity contribution in [2.45, 2.75) is 46.2 Å². The van der Waals surface area contributed by atoms with Crippen LogP contribution in [0.15, 0.2) is 29.3 Å². The van der Waals surface area contributed by atoms with Crippen molar-refractivity contribution in [1.82, 2.24) is 15.5 Å². The molecular formula is C20H37N5. The molecule has 0 aliphatic rings. The third-order valence-electron chi connectivity index (χ3n) is 4.50. The van der Waals surface area contributed by atoms with Crippen LogP contribution in [0.2, 0.25) is 0 Å². The first-order chi connectivity index (χ1) is 12.0. The van der Waals surface area contributed by atoms with Crippen LogP contribution in [0.4, 0.5) is 5.69 Å². The smallest absolute Gasteiger partial charge is 0.191 e. The second-order valence-electron chi connectivity index (χ2n) is 6.70. The third kappa shape index (κ3) is 8.25. The lowest BCUT2D eigenvalue weighted by Gasteiger charge is -2.21. The molecule has 2 N–H and O–H groups in total. The molecule has 1 rings (SSSR count). The summed E-state index contributed by atoms with van der Waals surface area (Å²) in [7, 11) is 5.95. The minimum Gasteiger partial charge on any atom is -0.378 e. The first-order valence-corrected chi connectivity index (χ1v) is 9.45. The van der Waals surface area contributed by atoms with Crippen LogP contribution in [-0.2, 0) is 6.54 Å². The van der Waals surface area contributed by atoms with Gasteiger partial charge in [0.15, 0.2) is 5.96 Å². The van der Waals surface area contributed by atoms with Gasteiger partial charge in [-0.2, -0.15) is 0 Å². The molecule has 1 atom stereocenters. The van der Waals surface area contributed by atoms with Crippen LogP contribution in [0.25, 0.3) is 0 Å². The topological polar surface area (TPSA) is 42.9 Å². The quantitative estimate of drug-likeness (QED) is 0.504. The van der Waals surface area contributed by atoms with Crippen molar-refractivity contribution in [2.75, 3.05) is 45.7 Å². The number of benzene rings is 1. The highest BCUT2D eigenvalue weighted by molar-refractivity contribution is 5.79. The molecule has 0 amide bonds. The summed E-state index contributed by atoms with van der Waals surface area (Å²) in [6.07, 6.45) is 2.35. The zero-order chi connectivity index (χ0) is 18.7. The van der Waals surface area contributed by atoms with Gasteiger partial charge >= 0.3 is 0 Å². The van der Waals surface area contributed by atoms with E-state index in [0.717, 1.165) is 32.0 Å². The molecule has 0 spiro atoms. The molecule has 0 fully saturated rings. The molecule has 0 aliphatic heterocycles. The molecule has 0 radical (unpaired) electrons. The molecule has 1 aromatic rings. The predicted molar refractivity (Wildman–Crippen MR) is 111 cm³/mol. The van der Waals surface area contributed by atoms with Crippen molar-refractivity contribution >= 4 is 11.6 Å². The molecule has 0 saturated heterocycles. The summed E-state index contributed by atoms with van der Waals surface area (Å²) in [5.74, 6) is 0.866. The zero-order valence-corrected chi connectivity index (χ0v) is 17.0. The number of nitrogens with one attached hydrogen (secondary N) is 2. The number of nitrogens with zero attached hydrogens (tertiary/aromatic N) is 3. The predicted octanol–water partition coefficient (Wildman–Crippen LogP) is 2.93. The lowest BCUT2D eigenvalue weighted by atomic mass is 10.1. The summed E-state index contributed by atoms with van der Waals surface area (Å²) in [6.45, 7) is 10.9. The van der Waals surface area contributed by atoms with Crippen LogP contribution in [0.5, 0.6) is 0 Å². The second-order valence-corrected chi connectivity index (χ2v) is 6.70. The Morgan fingerprint density at radius 1 is 1.20 bits per heavy atom. The third-order valence-corrected chi connectivity index (χ3v) is 4.50. The van der Waals surface area contributed by atoms with E-state index >= 15 is 0 Å². The van der Waals surface area contributed by atoms with Crippen molar-refractivity contribution in [3.8, 4) is 0 Å². The van der Waals surface area contributed by atoms with Crippen molar-refractivity contribution in [1.29, 1.82) is 0 Å². The van der Waals surface area contributed by atoms with E-state index in [0.29, 0.717) is 6.04 Å². The van der Waals surface area contributed by atoms with Gasteiger partial charge in [-0.25, -0.2) is 0 Å². The maximum absolute atomic E-state index is 4.35. The van der Waals surface area contributed by atoms with Crippen LogP contribution in [-0.4, -0.2) is 57.7 Å². The Hall–Kier alpha value is -1.75. The molecule has 0 aromatic heterocycles. The Balaban J connectivity index is 2.40. The van der Waals surface area contributed by atoms with Gasteiger partial charge in [0.05, 0.1) is 0 Å². The summed E-state index contributed by atoms with van der Waals surface area (Å²) in [5, 5.41) is 6.91. The van der Waals surface area contributed by atoms with Crippen molar-refractivity contribution in [3.05, 3.63) is 29.8 Å². The van der Waals surface area contributed by atoms with Crippen LogP contribution in [0, 0.1) is 0 Å². The Kier molecular flexibility index (Phi) is 10.0. The number of anilines is 1. The van der Waals surface area contributed by atoms with E-state index in [-0.39, 0.29) is 0 Å². The summed E-state index contributed by atoms with van der Waals surface area (Å²) < 4.78 is 0. The minimum atomic E-state index is 0.412. The number of aliphatic imine (C=N–C) groups is 1. The van der Waals surface area contributed by atoms with Gasteiger partial charge in [-0.3, -0.25) is 4.99 Å². The number of hydrogen-bond donors (Lipinski definition) is 2. The second kappa shape index (κ2) is 11.7. The number of guanidine groups is 1. The summed E-state index contributed by atoms with van der Waals surface area (Å²) in [4.78, 5) is 8.94. The standard InChI is InChI=1S/C20H37N5/c1-7-25(8-2)14-10-11-17(3)23-20(21-4)22-16-18-12-9-13-19(15-18)24(5)6/h9,12-13,15,17H,7-8,10-11,14,16H2,1-6H3,(H2,21,22,23). The fourth-order valence-electron chi connectivity index (χ4n) is 2.79. The highest BCUT2D eigenvalue weighted by atomic mass is 15.2. The maximum atomic E-state index is 4.35. The lowest BCUT2D eigenvalue weighted by molar-refractivity contribution is 0.292. The van der Waals surface area contributed by atoms with E-state index in [9.17, 15) is 0 Å². The van der Waals surface area contributed by atoms with Crippen LogP contribution < -0.4 is 15.5 Å². The SMILES string of the molecule is CCN(CC)CCCC(C)NC(=NC)NCc1cccc(N(C)C)c1. The normalized spacial score (nSPS) is 13.0. The summed E-state index contributed by atoms with van der Waals surface area (Å²) >= 11 is 0. The van der Waals surface area contributed by atoms with E-state index in [1.165, 1.54) is 24.2 Å². The minimum absolute atomic E-state index is 0.412. The first kappa shape index (κ1) is 21.3. The average molecular weight is 348 g/mol. The van der Waals surface area contributed by atoms with Gasteiger partial charge in [0.2, 0.25) is 0 Å². The molecule has 5 heteroatoms. The number of hydrogen-bond acceptors (Lipinski definition) is 3. The molecule has 1 aromatic carbocycles. The first-order valence-electron chi connectivity index (χ1n) is 9.45. The van der Waals surface area contributed by atoms with Crippen LogP contribution >= 0.6 is 0 Å². The molecule has 142 valence electrons. The highest BCUT2D eigenvalue weighted by Gasteiger charge is 2.07. The van der Waals surface area contributed by atoms with Gasteiger partial charge in [0.25, 0.3) is 0 Å². The Morgan fingerprint density at radius 2 is 1.92 bits per heavy atom. The van der Waals surface area contributed by atoms with Crippen LogP contribution in [0.1, 0.15) is 39.2 Å². The van der Waals surface area contributed by atoms with E-state index in [1.807, 2.05) is 7.05 Å². The zero-order valence-electron chi connectivity index (χ0n) is 17.0. The van der Waals surface area contributed by atoms with Gasteiger partial charge in [-0.1, -0.05) is 26.0 Å². The average Bonchev–Trinajstić information content (AvgIpc) is 2.62. The maximum Gasteiger partial charge on any atom is 0.191 e. The fourth-order valence-corrected chi connectivity index (χ4v) is 2.79. The van der Waals surface area contributed by atoms with Crippen molar-refractivity contribution in [3.63, 3.8) is 0 Å². The van der Waals surface area contributed by atoms with Crippen LogP contribution in [0.3, 0.4) is 0 Å².